The number of aromatic nitrogens is 2. The van der Waals surface area contributed by atoms with E-state index < -0.39 is 0 Å². The average Bonchev–Trinajstić information content (AvgIpc) is 2.57. The van der Waals surface area contributed by atoms with Crippen molar-refractivity contribution < 1.29 is 0 Å². The quantitative estimate of drug-likeness (QED) is 0.719. The van der Waals surface area contributed by atoms with Gasteiger partial charge in [0.2, 0.25) is 0 Å². The summed E-state index contributed by atoms with van der Waals surface area (Å²) in [5.74, 6) is 0.459. The molecule has 3 N–H and O–H groups in total. The Morgan fingerprint density at radius 2 is 2.07 bits per heavy atom. The van der Waals surface area contributed by atoms with E-state index in [1.54, 1.807) is 6.20 Å². The fraction of sp³-hybridized carbons (Fsp3) is 0.182. The van der Waals surface area contributed by atoms with Crippen LogP contribution in [0, 0.1) is 13.8 Å². The Bertz CT molecular complexity index is 457. The van der Waals surface area contributed by atoms with Gasteiger partial charge in [-0.2, -0.15) is 0 Å². The van der Waals surface area contributed by atoms with Gasteiger partial charge in [-0.3, -0.25) is 0 Å². The minimum Gasteiger partial charge on any atom is -0.369 e. The molecule has 1 aromatic carbocycles. The monoisotopic (exact) mass is 187 g/mol. The molecular formula is C11H13N3. The number of rotatable bonds is 1. The Kier molecular flexibility index (Phi) is 2.00. The zero-order chi connectivity index (χ0) is 10.1. The van der Waals surface area contributed by atoms with Crippen molar-refractivity contribution in [2.75, 3.05) is 5.73 Å². The number of nitrogen functional groups attached to an aromatic ring is 1. The first-order chi connectivity index (χ1) is 6.68. The van der Waals surface area contributed by atoms with E-state index >= 15 is 0 Å². The number of benzene rings is 1. The van der Waals surface area contributed by atoms with Crippen LogP contribution in [0.25, 0.3) is 11.3 Å². The molecule has 1 aromatic heterocycles. The molecule has 0 fully saturated rings. The van der Waals surface area contributed by atoms with E-state index in [1.165, 1.54) is 11.1 Å². The van der Waals surface area contributed by atoms with Gasteiger partial charge in [0, 0.05) is 5.56 Å². The van der Waals surface area contributed by atoms with Crippen LogP contribution in [0.2, 0.25) is 0 Å². The van der Waals surface area contributed by atoms with Crippen molar-refractivity contribution in [2.24, 2.45) is 0 Å². The number of nitrogens with two attached hydrogens (primary N) is 1. The second-order valence-electron chi connectivity index (χ2n) is 3.43. The molecule has 0 aliphatic carbocycles. The molecule has 14 heavy (non-hydrogen) atoms. The highest BCUT2D eigenvalue weighted by molar-refractivity contribution is 5.65. The average molecular weight is 187 g/mol. The second kappa shape index (κ2) is 3.18. The molecule has 0 aliphatic heterocycles. The fourth-order valence-electron chi connectivity index (χ4n) is 1.52. The van der Waals surface area contributed by atoms with Crippen LogP contribution in [0.4, 0.5) is 5.95 Å². The van der Waals surface area contributed by atoms with Crippen LogP contribution in [-0.4, -0.2) is 9.97 Å². The normalized spacial score (nSPS) is 10.4. The first kappa shape index (κ1) is 8.81. The SMILES string of the molecule is Cc1cccc(-c2cnc(N)[nH]2)c1C. The predicted molar refractivity (Wildman–Crippen MR) is 57.9 cm³/mol. The molecule has 2 rings (SSSR count). The maximum atomic E-state index is 5.54. The van der Waals surface area contributed by atoms with Crippen molar-refractivity contribution in [1.29, 1.82) is 0 Å². The third-order valence-corrected chi connectivity index (χ3v) is 2.49. The molecule has 0 spiro atoms. The standard InChI is InChI=1S/C11H13N3/c1-7-4-3-5-9(8(7)2)10-6-13-11(12)14-10/h3-6H,1-2H3,(H3,12,13,14). The van der Waals surface area contributed by atoms with Gasteiger partial charge in [-0.05, 0) is 25.0 Å². The maximum Gasteiger partial charge on any atom is 0.197 e. The zero-order valence-electron chi connectivity index (χ0n) is 8.33. The van der Waals surface area contributed by atoms with Crippen molar-refractivity contribution in [1.82, 2.24) is 9.97 Å². The van der Waals surface area contributed by atoms with Crippen molar-refractivity contribution in [3.63, 3.8) is 0 Å². The Balaban J connectivity index is 2.57. The van der Waals surface area contributed by atoms with E-state index in [4.69, 9.17) is 5.73 Å². The Morgan fingerprint density at radius 1 is 1.29 bits per heavy atom. The van der Waals surface area contributed by atoms with Gasteiger partial charge < -0.3 is 10.7 Å². The number of hydrogen-bond donors (Lipinski definition) is 2. The van der Waals surface area contributed by atoms with Gasteiger partial charge in [0.25, 0.3) is 0 Å². The lowest BCUT2D eigenvalue weighted by Gasteiger charge is -2.05. The largest absolute Gasteiger partial charge is 0.369 e. The van der Waals surface area contributed by atoms with E-state index in [0.717, 1.165) is 11.3 Å². The van der Waals surface area contributed by atoms with Gasteiger partial charge in [-0.1, -0.05) is 18.2 Å². The summed E-state index contributed by atoms with van der Waals surface area (Å²) in [5, 5.41) is 0. The predicted octanol–water partition coefficient (Wildman–Crippen LogP) is 2.28. The molecule has 3 heteroatoms. The van der Waals surface area contributed by atoms with E-state index in [1.807, 2.05) is 6.07 Å². The summed E-state index contributed by atoms with van der Waals surface area (Å²) in [5.41, 5.74) is 10.2. The number of nitrogens with one attached hydrogen (secondary N) is 1. The van der Waals surface area contributed by atoms with Gasteiger partial charge in [-0.25, -0.2) is 4.98 Å². The molecule has 3 nitrogen and oxygen atoms in total. The Morgan fingerprint density at radius 3 is 2.71 bits per heavy atom. The van der Waals surface area contributed by atoms with Crippen LogP contribution in [0.5, 0.6) is 0 Å². The second-order valence-corrected chi connectivity index (χ2v) is 3.43. The van der Waals surface area contributed by atoms with Crippen LogP contribution in [0.15, 0.2) is 24.4 Å². The van der Waals surface area contributed by atoms with Crippen molar-refractivity contribution in [2.45, 2.75) is 13.8 Å². The minimum absolute atomic E-state index is 0.459. The zero-order valence-corrected chi connectivity index (χ0v) is 8.33. The molecule has 0 aliphatic rings. The highest BCUT2D eigenvalue weighted by atomic mass is 15.0. The van der Waals surface area contributed by atoms with Gasteiger partial charge in [0.15, 0.2) is 5.95 Å². The van der Waals surface area contributed by atoms with E-state index in [9.17, 15) is 0 Å². The first-order valence-electron chi connectivity index (χ1n) is 4.55. The van der Waals surface area contributed by atoms with Crippen LogP contribution in [-0.2, 0) is 0 Å². The molecule has 1 heterocycles. The third kappa shape index (κ3) is 1.37. The van der Waals surface area contributed by atoms with Crippen molar-refractivity contribution in [3.8, 4) is 11.3 Å². The van der Waals surface area contributed by atoms with Crippen molar-refractivity contribution in [3.05, 3.63) is 35.5 Å². The molecule has 72 valence electrons. The lowest BCUT2D eigenvalue weighted by molar-refractivity contribution is 1.30. The molecule has 0 atom stereocenters. The summed E-state index contributed by atoms with van der Waals surface area (Å²) in [6, 6.07) is 6.20. The van der Waals surface area contributed by atoms with Crippen LogP contribution >= 0.6 is 0 Å². The number of imidazole rings is 1. The van der Waals surface area contributed by atoms with Gasteiger partial charge in [0.05, 0.1) is 11.9 Å². The summed E-state index contributed by atoms with van der Waals surface area (Å²) in [6.45, 7) is 4.19. The first-order valence-corrected chi connectivity index (χ1v) is 4.55. The Labute approximate surface area is 83.0 Å². The maximum absolute atomic E-state index is 5.54. The molecule has 0 unspecified atom stereocenters. The summed E-state index contributed by atoms with van der Waals surface area (Å²) in [7, 11) is 0. The van der Waals surface area contributed by atoms with Crippen LogP contribution < -0.4 is 5.73 Å². The third-order valence-electron chi connectivity index (χ3n) is 2.49. The molecule has 0 amide bonds. The highest BCUT2D eigenvalue weighted by Gasteiger charge is 2.05. The van der Waals surface area contributed by atoms with Crippen LogP contribution in [0.3, 0.4) is 0 Å². The number of aryl methyl sites for hydroxylation is 1. The number of aromatic amines is 1. The highest BCUT2D eigenvalue weighted by Crippen LogP contribution is 2.23. The van der Waals surface area contributed by atoms with Crippen molar-refractivity contribution >= 4 is 5.95 Å². The summed E-state index contributed by atoms with van der Waals surface area (Å²) >= 11 is 0. The van der Waals surface area contributed by atoms with Gasteiger partial charge >= 0.3 is 0 Å². The Hall–Kier alpha value is -1.77. The number of nitrogens with zero attached hydrogens (tertiary/aromatic N) is 1. The number of anilines is 1. The van der Waals surface area contributed by atoms with E-state index in [0.29, 0.717) is 5.95 Å². The van der Waals surface area contributed by atoms with Gasteiger partial charge in [-0.15, -0.1) is 0 Å². The van der Waals surface area contributed by atoms with E-state index in [-0.39, 0.29) is 0 Å². The number of H-pyrrole nitrogens is 1. The van der Waals surface area contributed by atoms with Crippen LogP contribution in [0.1, 0.15) is 11.1 Å². The van der Waals surface area contributed by atoms with Gasteiger partial charge in [0.1, 0.15) is 0 Å². The number of hydrogen-bond acceptors (Lipinski definition) is 2. The molecule has 0 saturated carbocycles. The molecule has 0 saturated heterocycles. The van der Waals surface area contributed by atoms with E-state index in [2.05, 4.69) is 35.9 Å². The summed E-state index contributed by atoms with van der Waals surface area (Å²) in [6.07, 6.45) is 1.76. The molecule has 2 aromatic rings. The lowest BCUT2D eigenvalue weighted by atomic mass is 10.0. The lowest BCUT2D eigenvalue weighted by Crippen LogP contribution is -1.88. The summed E-state index contributed by atoms with van der Waals surface area (Å²) < 4.78 is 0. The molecule has 0 radical (unpaired) electrons. The minimum atomic E-state index is 0.459. The molecule has 0 bridgehead atoms. The smallest absolute Gasteiger partial charge is 0.197 e. The summed E-state index contributed by atoms with van der Waals surface area (Å²) in [4.78, 5) is 7.01. The fourth-order valence-corrected chi connectivity index (χ4v) is 1.52. The molecular weight excluding hydrogens is 174 g/mol. The topological polar surface area (TPSA) is 54.7 Å².